The van der Waals surface area contributed by atoms with Gasteiger partial charge in [-0.05, 0) is 84.8 Å². The first-order valence-electron chi connectivity index (χ1n) is 12.5. The van der Waals surface area contributed by atoms with E-state index in [4.69, 9.17) is 4.74 Å². The van der Waals surface area contributed by atoms with Crippen molar-refractivity contribution < 1.29 is 19.1 Å². The molecule has 1 aromatic heterocycles. The quantitative estimate of drug-likeness (QED) is 0.240. The minimum Gasteiger partial charge on any atom is -0.492 e. The normalized spacial score (nSPS) is 13.5. The maximum Gasteiger partial charge on any atom is 0.396 e. The molecular formula is C30H30N2O4S. The molecule has 0 bridgehead atoms. The summed E-state index contributed by atoms with van der Waals surface area (Å²) in [5, 5.41) is 3.84. The fraction of sp³-hybridized carbons (Fsp3) is 0.267. The van der Waals surface area contributed by atoms with Crippen molar-refractivity contribution in [3.8, 4) is 16.2 Å². The van der Waals surface area contributed by atoms with E-state index in [0.717, 1.165) is 29.2 Å². The number of likely N-dealkylation sites (tertiary alicyclic amines) is 1. The molecule has 0 atom stereocenters. The van der Waals surface area contributed by atoms with E-state index in [2.05, 4.69) is 57.4 Å². The Balaban J connectivity index is 1.36. The Kier molecular flexibility index (Phi) is 7.82. The van der Waals surface area contributed by atoms with Crippen LogP contribution in [-0.4, -0.2) is 50.1 Å². The third-order valence-electron chi connectivity index (χ3n) is 6.63. The monoisotopic (exact) mass is 514 g/mol. The minimum atomic E-state index is -0.920. The number of thiophene rings is 1. The molecule has 0 unspecified atom stereocenters. The SMILES string of the molecule is COC(=O)C(=O)Nc1cccc(-c2sc3ccccc3c2Cc2ccc(OCCN3CCCC3)cc2)c1. The largest absolute Gasteiger partial charge is 0.492 e. The number of methoxy groups -OCH3 is 1. The topological polar surface area (TPSA) is 67.9 Å². The number of hydrogen-bond acceptors (Lipinski definition) is 6. The zero-order valence-corrected chi connectivity index (χ0v) is 21.7. The number of nitrogens with zero attached hydrogens (tertiary/aromatic N) is 1. The molecule has 1 aliphatic heterocycles. The number of fused-ring (bicyclic) bond motifs is 1. The van der Waals surface area contributed by atoms with Gasteiger partial charge in [-0.1, -0.05) is 42.5 Å². The summed E-state index contributed by atoms with van der Waals surface area (Å²) in [5.41, 5.74) is 3.97. The van der Waals surface area contributed by atoms with E-state index in [1.54, 1.807) is 17.4 Å². The summed E-state index contributed by atoms with van der Waals surface area (Å²) in [6.07, 6.45) is 3.35. The highest BCUT2D eigenvalue weighted by Gasteiger charge is 2.17. The van der Waals surface area contributed by atoms with Crippen molar-refractivity contribution in [2.24, 2.45) is 0 Å². The lowest BCUT2D eigenvalue weighted by Crippen LogP contribution is -2.25. The molecule has 5 rings (SSSR count). The Morgan fingerprint density at radius 3 is 2.54 bits per heavy atom. The Morgan fingerprint density at radius 1 is 0.973 bits per heavy atom. The summed E-state index contributed by atoms with van der Waals surface area (Å²) in [6.45, 7) is 4.05. The molecule has 1 fully saturated rings. The Bertz CT molecular complexity index is 1390. The zero-order valence-electron chi connectivity index (χ0n) is 20.9. The van der Waals surface area contributed by atoms with Crippen LogP contribution < -0.4 is 10.1 Å². The number of amides is 1. The highest BCUT2D eigenvalue weighted by molar-refractivity contribution is 7.22. The highest BCUT2D eigenvalue weighted by Crippen LogP contribution is 2.40. The lowest BCUT2D eigenvalue weighted by molar-refractivity contribution is -0.150. The number of rotatable bonds is 8. The fourth-order valence-electron chi connectivity index (χ4n) is 4.73. The van der Waals surface area contributed by atoms with Gasteiger partial charge >= 0.3 is 11.9 Å². The smallest absolute Gasteiger partial charge is 0.396 e. The van der Waals surface area contributed by atoms with Crippen LogP contribution in [0.25, 0.3) is 20.5 Å². The lowest BCUT2D eigenvalue weighted by atomic mass is 9.98. The second kappa shape index (κ2) is 11.6. The second-order valence-corrected chi connectivity index (χ2v) is 10.2. The molecule has 6 nitrogen and oxygen atoms in total. The van der Waals surface area contributed by atoms with Crippen LogP contribution >= 0.6 is 11.3 Å². The standard InChI is InChI=1S/C30H30N2O4S/c1-35-30(34)29(33)31-23-8-6-7-22(20-23)28-26(25-9-2-3-10-27(25)37-28)19-21-11-13-24(14-12-21)36-18-17-32-15-4-5-16-32/h2-3,6-14,20H,4-5,15-19H2,1H3,(H,31,33). The number of nitrogens with one attached hydrogen (secondary N) is 1. The summed E-state index contributed by atoms with van der Waals surface area (Å²) >= 11 is 1.73. The van der Waals surface area contributed by atoms with E-state index >= 15 is 0 Å². The van der Waals surface area contributed by atoms with Gasteiger partial charge in [0.2, 0.25) is 0 Å². The van der Waals surface area contributed by atoms with Crippen molar-refractivity contribution in [1.29, 1.82) is 0 Å². The van der Waals surface area contributed by atoms with Gasteiger partial charge < -0.3 is 14.8 Å². The van der Waals surface area contributed by atoms with Gasteiger partial charge in [0.05, 0.1) is 7.11 Å². The highest BCUT2D eigenvalue weighted by atomic mass is 32.1. The molecule has 4 aromatic rings. The predicted octanol–water partition coefficient (Wildman–Crippen LogP) is 5.75. The van der Waals surface area contributed by atoms with Gasteiger partial charge in [-0.25, -0.2) is 4.79 Å². The van der Waals surface area contributed by atoms with Gasteiger partial charge in [0.25, 0.3) is 0 Å². The average Bonchev–Trinajstić information content (AvgIpc) is 3.58. The molecule has 1 N–H and O–H groups in total. The summed E-state index contributed by atoms with van der Waals surface area (Å²) in [4.78, 5) is 27.1. The number of ether oxygens (including phenoxy) is 2. The Labute approximate surface area is 220 Å². The van der Waals surface area contributed by atoms with E-state index in [0.29, 0.717) is 12.3 Å². The van der Waals surface area contributed by atoms with E-state index in [1.165, 1.54) is 54.3 Å². The molecule has 1 aliphatic rings. The molecule has 0 aliphatic carbocycles. The summed E-state index contributed by atoms with van der Waals surface area (Å²) in [5.74, 6) is -0.817. The van der Waals surface area contributed by atoms with Crippen LogP contribution in [0.5, 0.6) is 5.75 Å². The van der Waals surface area contributed by atoms with E-state index in [9.17, 15) is 9.59 Å². The Hall–Kier alpha value is -3.68. The first kappa shape index (κ1) is 25.0. The fourth-order valence-corrected chi connectivity index (χ4v) is 5.94. The molecule has 0 radical (unpaired) electrons. The van der Waals surface area contributed by atoms with Crippen LogP contribution in [0.1, 0.15) is 24.0 Å². The van der Waals surface area contributed by atoms with Crippen LogP contribution in [-0.2, 0) is 20.7 Å². The molecular weight excluding hydrogens is 484 g/mol. The van der Waals surface area contributed by atoms with Crippen molar-refractivity contribution in [3.63, 3.8) is 0 Å². The number of carbonyl (C=O) groups excluding carboxylic acids is 2. The van der Waals surface area contributed by atoms with Crippen molar-refractivity contribution in [1.82, 2.24) is 4.90 Å². The molecule has 2 heterocycles. The Morgan fingerprint density at radius 2 is 1.76 bits per heavy atom. The number of hydrogen-bond donors (Lipinski definition) is 1. The summed E-state index contributed by atoms with van der Waals surface area (Å²) in [6, 6.07) is 24.3. The van der Waals surface area contributed by atoms with Gasteiger partial charge in [0.15, 0.2) is 0 Å². The number of esters is 1. The third kappa shape index (κ3) is 6.01. The molecule has 7 heteroatoms. The number of benzene rings is 3. The lowest BCUT2D eigenvalue weighted by Gasteiger charge is -2.15. The maximum absolute atomic E-state index is 12.0. The van der Waals surface area contributed by atoms with E-state index in [1.807, 2.05) is 24.3 Å². The average molecular weight is 515 g/mol. The molecule has 1 saturated heterocycles. The van der Waals surface area contributed by atoms with Crippen LogP contribution in [0.2, 0.25) is 0 Å². The first-order chi connectivity index (χ1) is 18.1. The van der Waals surface area contributed by atoms with Gasteiger partial charge in [-0.15, -0.1) is 11.3 Å². The van der Waals surface area contributed by atoms with E-state index in [-0.39, 0.29) is 0 Å². The third-order valence-corrected chi connectivity index (χ3v) is 7.89. The van der Waals surface area contributed by atoms with Crippen molar-refractivity contribution in [2.45, 2.75) is 19.3 Å². The van der Waals surface area contributed by atoms with Crippen molar-refractivity contribution in [2.75, 3.05) is 38.7 Å². The van der Waals surface area contributed by atoms with Crippen LogP contribution in [0.15, 0.2) is 72.8 Å². The number of carbonyl (C=O) groups is 2. The molecule has 190 valence electrons. The summed E-state index contributed by atoms with van der Waals surface area (Å²) < 4.78 is 11.7. The van der Waals surface area contributed by atoms with E-state index < -0.39 is 11.9 Å². The minimum absolute atomic E-state index is 0.548. The van der Waals surface area contributed by atoms with Crippen LogP contribution in [0, 0.1) is 0 Å². The predicted molar refractivity (Wildman–Crippen MR) is 148 cm³/mol. The molecule has 0 saturated carbocycles. The zero-order chi connectivity index (χ0) is 25.6. The number of anilines is 1. The molecule has 1 amide bonds. The molecule has 0 spiro atoms. The first-order valence-corrected chi connectivity index (χ1v) is 13.4. The van der Waals surface area contributed by atoms with Gasteiger partial charge in [-0.2, -0.15) is 0 Å². The van der Waals surface area contributed by atoms with Crippen LogP contribution in [0.4, 0.5) is 5.69 Å². The molecule has 37 heavy (non-hydrogen) atoms. The van der Waals surface area contributed by atoms with Gasteiger partial charge in [0, 0.05) is 21.8 Å². The van der Waals surface area contributed by atoms with Gasteiger partial charge in [0.1, 0.15) is 12.4 Å². The van der Waals surface area contributed by atoms with Crippen molar-refractivity contribution >= 4 is 39.0 Å². The maximum atomic E-state index is 12.0. The van der Waals surface area contributed by atoms with Crippen LogP contribution in [0.3, 0.4) is 0 Å². The summed E-state index contributed by atoms with van der Waals surface area (Å²) in [7, 11) is 1.19. The second-order valence-electron chi connectivity index (χ2n) is 9.15. The molecule has 3 aromatic carbocycles. The van der Waals surface area contributed by atoms with Crippen molar-refractivity contribution in [3.05, 3.63) is 83.9 Å². The van der Waals surface area contributed by atoms with Gasteiger partial charge in [-0.3, -0.25) is 9.69 Å².